The van der Waals surface area contributed by atoms with Gasteiger partial charge in [0.2, 0.25) is 0 Å². The van der Waals surface area contributed by atoms with E-state index in [4.69, 9.17) is 75.8 Å². The van der Waals surface area contributed by atoms with Crippen molar-refractivity contribution in [2.75, 3.05) is 39.6 Å². The summed E-state index contributed by atoms with van der Waals surface area (Å²) in [7, 11) is -8.54. The van der Waals surface area contributed by atoms with Gasteiger partial charge in [0.25, 0.3) is 0 Å². The average Bonchev–Trinajstić information content (AvgIpc) is 0.773. The van der Waals surface area contributed by atoms with Gasteiger partial charge in [-0.15, -0.1) is 0 Å². The van der Waals surface area contributed by atoms with Gasteiger partial charge in [-0.25, -0.2) is 26.0 Å². The third-order valence-corrected chi connectivity index (χ3v) is 23.2. The lowest BCUT2D eigenvalue weighted by molar-refractivity contribution is -0.707. The Balaban J connectivity index is 0.000000554. The molecule has 30 saturated heterocycles. The van der Waals surface area contributed by atoms with Crippen LogP contribution in [0.4, 0.5) is 0 Å². The van der Waals surface area contributed by atoms with E-state index in [1.54, 1.807) is 85.5 Å². The molecule has 2 aromatic heterocycles. The summed E-state index contributed by atoms with van der Waals surface area (Å²) < 4.78 is 160. The highest BCUT2D eigenvalue weighted by molar-refractivity contribution is 7.86. The number of aliphatic hydroxyl groups excluding tert-OH is 22. The molecule has 32 heterocycles. The predicted octanol–water partition coefficient (Wildman–Crippen LogP) is -13.6. The van der Waals surface area contributed by atoms with Gasteiger partial charge in [0.1, 0.15) is 216 Å². The molecule has 4 aromatic rings. The highest BCUT2D eigenvalue weighted by Crippen LogP contribution is 2.40. The van der Waals surface area contributed by atoms with Crippen molar-refractivity contribution in [3.63, 3.8) is 0 Å². The Bertz CT molecular complexity index is 3910. The van der Waals surface area contributed by atoms with E-state index in [0.29, 0.717) is 0 Å². The fourth-order valence-electron chi connectivity index (χ4n) is 14.8. The summed E-state index contributed by atoms with van der Waals surface area (Å²) in [5, 5.41) is 250. The first-order chi connectivity index (χ1) is 56.9. The van der Waals surface area contributed by atoms with Crippen molar-refractivity contribution in [2.24, 2.45) is 0 Å². The van der Waals surface area contributed by atoms with Gasteiger partial charge >= 0.3 is 0 Å². The first-order valence-corrected chi connectivity index (χ1v) is 40.7. The van der Waals surface area contributed by atoms with Gasteiger partial charge in [0, 0.05) is 24.3 Å². The molecule has 676 valence electrons. The molecule has 48 heteroatoms. The van der Waals surface area contributed by atoms with Crippen molar-refractivity contribution in [3.8, 4) is 0 Å². The van der Waals surface area contributed by atoms with Crippen molar-refractivity contribution in [1.82, 2.24) is 0 Å². The summed E-state index contributed by atoms with van der Waals surface area (Å²) in [4.78, 5) is -0.355. The third kappa shape index (κ3) is 21.8. The minimum absolute atomic E-state index is 0.178. The molecule has 2 aromatic carbocycles. The zero-order valence-corrected chi connectivity index (χ0v) is 65.3. The van der Waals surface area contributed by atoms with E-state index >= 15 is 0 Å². The number of pyridine rings is 2. The van der Waals surface area contributed by atoms with Crippen LogP contribution in [0.25, 0.3) is 0 Å². The van der Waals surface area contributed by atoms with E-state index in [9.17, 15) is 138 Å². The molecule has 46 nitrogen and oxygen atoms in total. The molecule has 0 unspecified atom stereocenters. The van der Waals surface area contributed by atoms with Gasteiger partial charge in [-0.3, -0.25) is 0 Å². The number of rotatable bonds is 12. The van der Waals surface area contributed by atoms with E-state index < -0.39 is 306 Å². The summed E-state index contributed by atoms with van der Waals surface area (Å²) >= 11 is 0. The Morgan fingerprint density at radius 3 is 0.567 bits per heavy atom. The Hall–Kier alpha value is -4.96. The van der Waals surface area contributed by atoms with Gasteiger partial charge in [-0.1, -0.05) is 47.5 Å². The van der Waals surface area contributed by atoms with E-state index in [1.807, 2.05) is 13.8 Å². The van der Waals surface area contributed by atoms with Crippen LogP contribution in [0.2, 0.25) is 0 Å². The number of benzene rings is 2. The smallest absolute Gasteiger partial charge is 0.187 e. The second kappa shape index (κ2) is 41.7. The first-order valence-electron chi connectivity index (χ1n) is 37.9. The Kier molecular flexibility index (Phi) is 33.2. The van der Waals surface area contributed by atoms with Crippen molar-refractivity contribution in [3.05, 3.63) is 121 Å². The van der Waals surface area contributed by atoms with E-state index in [-0.39, 0.29) is 22.9 Å². The van der Waals surface area contributed by atoms with Crippen molar-refractivity contribution in [2.45, 2.75) is 282 Å². The largest absolute Gasteiger partial charge is 0.744 e. The number of aliphatic hydroxyl groups is 22. The van der Waals surface area contributed by atoms with Crippen LogP contribution in [0, 0.1) is 13.8 Å². The summed E-state index contributed by atoms with van der Waals surface area (Å²) in [5.74, 6) is 0. The molecule has 0 aliphatic carbocycles. The molecule has 40 atom stereocenters. The van der Waals surface area contributed by atoms with Gasteiger partial charge in [-0.05, 0) is 38.1 Å². The molecule has 0 spiro atoms. The highest BCUT2D eigenvalue weighted by atomic mass is 32.2. The number of aryl methyl sites for hydroxylation is 2. The molecule has 34 rings (SSSR count). The van der Waals surface area contributed by atoms with Gasteiger partial charge in [-0.2, -0.15) is 0 Å². The molecule has 120 heavy (non-hydrogen) atoms. The summed E-state index contributed by atoms with van der Waals surface area (Å²) in [6.45, 7) is -3.21. The minimum Gasteiger partial charge on any atom is -0.744 e. The maximum atomic E-state index is 11.9. The number of nitrogens with zero attached hydrogens (tertiary/aromatic N) is 2. The lowest BCUT2D eigenvalue weighted by atomic mass is 9.94. The van der Waals surface area contributed by atoms with Crippen molar-refractivity contribution < 1.29 is 223 Å². The summed E-state index contributed by atoms with van der Waals surface area (Å²) in [6, 6.07) is 21.4. The number of hydrogen-bond donors (Lipinski definition) is 22. The maximum absolute atomic E-state index is 11.9. The van der Waals surface area contributed by atoms with Crippen molar-refractivity contribution >= 4 is 20.2 Å². The molecule has 16 bridgehead atoms. The Morgan fingerprint density at radius 1 is 0.250 bits per heavy atom. The molecule has 30 aliphatic rings. The van der Waals surface area contributed by atoms with Gasteiger partial charge < -0.3 is 197 Å². The Labute approximate surface area is 683 Å². The molecule has 0 amide bonds. The topological polar surface area (TPSA) is 715 Å². The lowest BCUT2D eigenvalue weighted by Gasteiger charge is -2.50. The normalized spacial score (nSPS) is 43.6. The Morgan fingerprint density at radius 2 is 0.408 bits per heavy atom. The maximum Gasteiger partial charge on any atom is 0.187 e. The molecule has 30 aliphatic heterocycles. The minimum atomic E-state index is -4.27. The highest BCUT2D eigenvalue weighted by Gasteiger charge is 2.61. The van der Waals surface area contributed by atoms with Crippen LogP contribution in [0.15, 0.2) is 120 Å². The van der Waals surface area contributed by atoms with Crippen LogP contribution < -0.4 is 9.13 Å². The standard InChI is InChI=1S/C58H88N2O38.2C7H8O3S/c61-13-21-45-29(69)37(77)53(85-21)91-43-19(11-59-7-3-1-4-8-59)84-52(36(76)28(43)68)94-46-22(14-62)87-55(39(79)31(46)71)96-48-24(16-64)89-57(41(81)33(48)73)98-50-26(18-66)90-58(42(82)34(50)74)97-49-25(17-65)88-56(40(80)32(49)72)95-47-23(15-63)86-54(38(78)30(47)70)92-44-20(12-60-9-5-2-6-10-60)83-51(93-45)35(75)27(44)67;2*1-6-2-4-7(5-3-6)11(8,9)10/h1-10,19-58,61-82H,11-18H2;2*2-5H,1H3,(H,8,9,10)/q+2;;/p-2/t19-,20-,21-,22-,23-,24-,25-,26-,27-,28-,29+,30-,31+,32-,33+,34-,35-,36+,37+,38-,39+,40-,41+,42-,43-,44-,45-,46-,47-,48-,49-,50-,51-,52-,53-,54-,55-,56-,57-,58-;;/m1../s1. The van der Waals surface area contributed by atoms with E-state index in [0.717, 1.165) is 11.1 Å². The van der Waals surface area contributed by atoms with E-state index in [1.165, 1.54) is 33.4 Å². The fourth-order valence-corrected chi connectivity index (χ4v) is 15.8. The zero-order valence-electron chi connectivity index (χ0n) is 63.7. The molecule has 0 saturated carbocycles. The summed E-state index contributed by atoms with van der Waals surface area (Å²) in [6.07, 6.45) is -73.5. The second-order valence-corrected chi connectivity index (χ2v) is 32.5. The van der Waals surface area contributed by atoms with Crippen molar-refractivity contribution in [1.29, 1.82) is 0 Å². The zero-order chi connectivity index (χ0) is 87.3. The molecule has 22 N–H and O–H groups in total. The van der Waals surface area contributed by atoms with Crippen LogP contribution in [-0.4, -0.2) is 424 Å². The first kappa shape index (κ1) is 95.7. The lowest BCUT2D eigenvalue weighted by Crippen LogP contribution is -2.69. The summed E-state index contributed by atoms with van der Waals surface area (Å²) in [5.41, 5.74) is 1.86. The third-order valence-electron chi connectivity index (χ3n) is 21.5. The second-order valence-electron chi connectivity index (χ2n) is 29.8. The van der Waals surface area contributed by atoms with Crippen LogP contribution in [0.1, 0.15) is 11.1 Å². The molecular formula is C72H102N2O44S2. The number of hydrogen-bond acceptors (Lipinski definition) is 44. The molecule has 30 fully saturated rings. The van der Waals surface area contributed by atoms with Crippen LogP contribution in [0.5, 0.6) is 0 Å². The predicted molar refractivity (Wildman–Crippen MR) is 378 cm³/mol. The van der Waals surface area contributed by atoms with Gasteiger partial charge in [0.15, 0.2) is 88.2 Å². The molecular weight excluding hydrogens is 1660 g/mol. The fraction of sp³-hybridized carbons (Fsp3) is 0.694. The number of aromatic nitrogens is 2. The average molecular weight is 1760 g/mol. The van der Waals surface area contributed by atoms with Crippen LogP contribution in [0.3, 0.4) is 0 Å². The SMILES string of the molecule is Cc1ccc(S(=O)(=O)[O-])cc1.Cc1ccc(S(=O)(=O)[O-])cc1.OC[C@H]1O[C@@H]2O[C@H]3[C@H](O)[C@@H](O)[C@@H](O[C@H]4[C@H](O)[C@@H](O)[C@@H](O[C@H]5[C@H](O)[C@@H](O)[C@@H](O[C@H]6[C@@H](O)[C@H](O)[C@@H](O[C@H]7[C@H](O)[C@H](O)[C@@H](O[C@H]8[C@@H](O)[C@H](O)[C@@H](O[C@H]9[C@@H](O)[C@H](O)[C@@H](O[C@H]1[C@H](O)[C@H]2O)O[C@@H]9CO)O[C@@H]8CO)O[C@@H]7C[n+]1ccccc1)O[C@@H]6CO)O[C@@H]5C[n+]1ccccc1)O[C@@H]4CO)O[C@@H]3CO. The van der Waals surface area contributed by atoms with Crippen LogP contribution in [-0.2, 0) is 109 Å². The monoisotopic (exact) mass is 1760 g/mol. The van der Waals surface area contributed by atoms with Crippen LogP contribution >= 0.6 is 0 Å². The van der Waals surface area contributed by atoms with Gasteiger partial charge in [0.05, 0.1) is 49.4 Å². The molecule has 0 radical (unpaired) electrons. The quantitative estimate of drug-likeness (QED) is 0.0463. The van der Waals surface area contributed by atoms with E-state index in [2.05, 4.69) is 0 Å². The number of ether oxygens (including phenoxy) is 16.